The number of hydrogen-bond acceptors (Lipinski definition) is 7. The Kier molecular flexibility index (Phi) is 4.55. The zero-order chi connectivity index (χ0) is 18.3. The predicted molar refractivity (Wildman–Crippen MR) is 83.9 cm³/mol. The standard InChI is InChI=1S/C15H16N2O7S/c1-7(18)24-5-8-6-25-14-12(13(21)17(14)11(8)15(22)23)16-9(19)3-2-4-10(16)20/h12,14H,2-6H2,1H3,(H,22,23). The minimum atomic E-state index is -1.31. The molecule has 1 N–H and O–H groups in total. The van der Waals surface area contributed by atoms with Crippen molar-refractivity contribution in [1.29, 1.82) is 0 Å². The Balaban J connectivity index is 1.86. The van der Waals surface area contributed by atoms with E-state index >= 15 is 0 Å². The third-order valence-electron chi connectivity index (χ3n) is 4.27. The van der Waals surface area contributed by atoms with E-state index in [1.807, 2.05) is 0 Å². The van der Waals surface area contributed by atoms with Crippen LogP contribution in [-0.4, -0.2) is 68.3 Å². The number of carboxylic acids is 1. The normalized spacial score (nSPS) is 26.4. The van der Waals surface area contributed by atoms with Crippen LogP contribution in [0.2, 0.25) is 0 Å². The van der Waals surface area contributed by atoms with E-state index < -0.39 is 41.1 Å². The lowest BCUT2D eigenvalue weighted by Crippen LogP contribution is -2.72. The average molecular weight is 368 g/mol. The van der Waals surface area contributed by atoms with Crippen LogP contribution in [-0.2, 0) is 28.7 Å². The largest absolute Gasteiger partial charge is 0.477 e. The van der Waals surface area contributed by atoms with Gasteiger partial charge in [0.1, 0.15) is 23.7 Å². The van der Waals surface area contributed by atoms with Gasteiger partial charge in [0.2, 0.25) is 11.8 Å². The fourth-order valence-corrected chi connectivity index (χ4v) is 4.52. The highest BCUT2D eigenvalue weighted by molar-refractivity contribution is 8.00. The number of carbonyl (C=O) groups excluding carboxylic acids is 4. The van der Waals surface area contributed by atoms with E-state index in [0.717, 1.165) is 9.80 Å². The molecule has 2 fully saturated rings. The van der Waals surface area contributed by atoms with Crippen LogP contribution in [0.4, 0.5) is 0 Å². The molecule has 0 radical (unpaired) electrons. The summed E-state index contributed by atoms with van der Waals surface area (Å²) in [5, 5.41) is 8.85. The van der Waals surface area contributed by atoms with Gasteiger partial charge in [-0.2, -0.15) is 0 Å². The number of β-lactam (4-membered cyclic amide) rings is 1. The Morgan fingerprint density at radius 2 is 1.84 bits per heavy atom. The van der Waals surface area contributed by atoms with Crippen LogP contribution in [0, 0.1) is 0 Å². The number of nitrogens with zero attached hydrogens (tertiary/aromatic N) is 2. The Hall–Kier alpha value is -2.36. The number of thioether (sulfide) groups is 1. The lowest BCUT2D eigenvalue weighted by Gasteiger charge is -2.52. The van der Waals surface area contributed by atoms with E-state index in [2.05, 4.69) is 0 Å². The van der Waals surface area contributed by atoms with Gasteiger partial charge in [-0.25, -0.2) is 4.79 Å². The van der Waals surface area contributed by atoms with E-state index in [4.69, 9.17) is 4.74 Å². The molecule has 0 aromatic rings. The number of piperidine rings is 1. The number of ether oxygens (including phenoxy) is 1. The van der Waals surface area contributed by atoms with Crippen LogP contribution in [0.3, 0.4) is 0 Å². The van der Waals surface area contributed by atoms with Crippen LogP contribution >= 0.6 is 11.8 Å². The summed E-state index contributed by atoms with van der Waals surface area (Å²) in [7, 11) is 0. The first-order valence-electron chi connectivity index (χ1n) is 7.71. The zero-order valence-electron chi connectivity index (χ0n) is 13.4. The number of carboxylic acid groups (broad SMARTS) is 1. The van der Waals surface area contributed by atoms with Gasteiger partial charge in [0, 0.05) is 31.1 Å². The van der Waals surface area contributed by atoms with Gasteiger partial charge in [-0.1, -0.05) is 0 Å². The topological polar surface area (TPSA) is 121 Å². The van der Waals surface area contributed by atoms with Crippen molar-refractivity contribution in [3.63, 3.8) is 0 Å². The molecule has 3 heterocycles. The number of carbonyl (C=O) groups is 5. The van der Waals surface area contributed by atoms with E-state index in [1.54, 1.807) is 0 Å². The molecule has 0 spiro atoms. The Morgan fingerprint density at radius 1 is 1.20 bits per heavy atom. The number of imide groups is 1. The maximum Gasteiger partial charge on any atom is 0.352 e. The summed E-state index contributed by atoms with van der Waals surface area (Å²) in [6, 6.07) is -0.963. The number of aliphatic carboxylic acids is 1. The summed E-state index contributed by atoms with van der Waals surface area (Å²) in [6.07, 6.45) is 0.863. The third kappa shape index (κ3) is 2.90. The van der Waals surface area contributed by atoms with Crippen LogP contribution in [0.15, 0.2) is 11.3 Å². The number of rotatable bonds is 4. The summed E-state index contributed by atoms with van der Waals surface area (Å²) in [5.41, 5.74) is 0.0789. The fraction of sp³-hybridized carbons (Fsp3) is 0.533. The van der Waals surface area contributed by atoms with Crippen molar-refractivity contribution in [1.82, 2.24) is 9.80 Å². The molecule has 0 saturated carbocycles. The van der Waals surface area contributed by atoms with Crippen LogP contribution in [0.1, 0.15) is 26.2 Å². The van der Waals surface area contributed by atoms with E-state index in [9.17, 15) is 29.1 Å². The highest BCUT2D eigenvalue weighted by Gasteiger charge is 2.58. The lowest BCUT2D eigenvalue weighted by atomic mass is 9.98. The van der Waals surface area contributed by atoms with Crippen molar-refractivity contribution in [2.24, 2.45) is 0 Å². The molecule has 10 heteroatoms. The zero-order valence-corrected chi connectivity index (χ0v) is 14.2. The first kappa shape index (κ1) is 17.5. The molecule has 0 aromatic heterocycles. The number of likely N-dealkylation sites (tertiary alicyclic amines) is 1. The molecule has 9 nitrogen and oxygen atoms in total. The SMILES string of the molecule is CC(=O)OCC1=C(C(=O)O)N2C(=O)C(N3C(=O)CCCC3=O)C2SC1. The molecule has 0 aromatic carbocycles. The molecule has 2 unspecified atom stereocenters. The van der Waals surface area contributed by atoms with Crippen molar-refractivity contribution < 1.29 is 33.8 Å². The summed E-state index contributed by atoms with van der Waals surface area (Å²) < 4.78 is 4.85. The summed E-state index contributed by atoms with van der Waals surface area (Å²) in [6.45, 7) is 0.991. The average Bonchev–Trinajstić information content (AvgIpc) is 2.55. The molecular formula is C15H16N2O7S. The Bertz CT molecular complexity index is 701. The molecule has 0 aliphatic carbocycles. The Labute approximate surface area is 146 Å². The number of esters is 1. The number of amides is 3. The molecule has 2 atom stereocenters. The highest BCUT2D eigenvalue weighted by atomic mass is 32.2. The van der Waals surface area contributed by atoms with E-state index in [-0.39, 0.29) is 30.9 Å². The van der Waals surface area contributed by atoms with Gasteiger partial charge >= 0.3 is 11.9 Å². The second kappa shape index (κ2) is 6.51. The van der Waals surface area contributed by atoms with Crippen molar-refractivity contribution >= 4 is 41.4 Å². The van der Waals surface area contributed by atoms with Gasteiger partial charge in [-0.05, 0) is 6.42 Å². The lowest BCUT2D eigenvalue weighted by molar-refractivity contribution is -0.167. The maximum atomic E-state index is 12.5. The van der Waals surface area contributed by atoms with Gasteiger partial charge in [0.25, 0.3) is 5.91 Å². The molecule has 3 aliphatic heterocycles. The van der Waals surface area contributed by atoms with Crippen molar-refractivity contribution in [2.45, 2.75) is 37.6 Å². The Morgan fingerprint density at radius 3 is 2.40 bits per heavy atom. The van der Waals surface area contributed by atoms with Gasteiger partial charge < -0.3 is 9.84 Å². The third-order valence-corrected chi connectivity index (χ3v) is 5.59. The van der Waals surface area contributed by atoms with Crippen molar-refractivity contribution in [3.05, 3.63) is 11.3 Å². The van der Waals surface area contributed by atoms with Crippen molar-refractivity contribution in [3.8, 4) is 0 Å². The van der Waals surface area contributed by atoms with Gasteiger partial charge in [0.05, 0.1) is 0 Å². The highest BCUT2D eigenvalue weighted by Crippen LogP contribution is 2.43. The first-order valence-corrected chi connectivity index (χ1v) is 8.76. The smallest absolute Gasteiger partial charge is 0.352 e. The summed E-state index contributed by atoms with van der Waals surface area (Å²) in [5.74, 6) is -3.03. The second-order valence-electron chi connectivity index (χ2n) is 5.90. The molecular weight excluding hydrogens is 352 g/mol. The van der Waals surface area contributed by atoms with Crippen LogP contribution in [0.25, 0.3) is 0 Å². The van der Waals surface area contributed by atoms with Crippen molar-refractivity contribution in [2.75, 3.05) is 12.4 Å². The molecule has 3 rings (SSSR count). The van der Waals surface area contributed by atoms with E-state index in [0.29, 0.717) is 12.0 Å². The van der Waals surface area contributed by atoms with Crippen LogP contribution < -0.4 is 0 Å². The maximum absolute atomic E-state index is 12.5. The van der Waals surface area contributed by atoms with Crippen LogP contribution in [0.5, 0.6) is 0 Å². The molecule has 3 amide bonds. The minimum Gasteiger partial charge on any atom is -0.477 e. The van der Waals surface area contributed by atoms with Gasteiger partial charge in [-0.15, -0.1) is 11.8 Å². The molecule has 134 valence electrons. The first-order chi connectivity index (χ1) is 11.8. The molecule has 2 saturated heterocycles. The fourth-order valence-electron chi connectivity index (χ4n) is 3.15. The van der Waals surface area contributed by atoms with Gasteiger partial charge in [-0.3, -0.25) is 29.0 Å². The minimum absolute atomic E-state index is 0.201. The molecule has 25 heavy (non-hydrogen) atoms. The molecule has 3 aliphatic rings. The summed E-state index contributed by atoms with van der Waals surface area (Å²) >= 11 is 1.25. The molecule has 0 bridgehead atoms. The number of fused-ring (bicyclic) bond motifs is 1. The summed E-state index contributed by atoms with van der Waals surface area (Å²) in [4.78, 5) is 61.3. The monoisotopic (exact) mass is 368 g/mol. The van der Waals surface area contributed by atoms with Gasteiger partial charge in [0.15, 0.2) is 0 Å². The quantitative estimate of drug-likeness (QED) is 0.408. The van der Waals surface area contributed by atoms with E-state index in [1.165, 1.54) is 18.7 Å². The predicted octanol–water partition coefficient (Wildman–Crippen LogP) is -0.289. The number of hydrogen-bond donors (Lipinski definition) is 1. The second-order valence-corrected chi connectivity index (χ2v) is 7.01.